The van der Waals surface area contributed by atoms with E-state index in [2.05, 4.69) is 10.3 Å². The van der Waals surface area contributed by atoms with Crippen LogP contribution in [0.5, 0.6) is 11.5 Å². The van der Waals surface area contributed by atoms with Crippen molar-refractivity contribution in [1.82, 2.24) is 29.6 Å². The van der Waals surface area contributed by atoms with E-state index in [1.54, 1.807) is 93.1 Å². The monoisotopic (exact) mass is 1040 g/mol. The molecule has 3 aromatic carbocycles. The number of piperidine rings is 1. The summed E-state index contributed by atoms with van der Waals surface area (Å²) in [4.78, 5) is 66.9. The predicted molar refractivity (Wildman–Crippen MR) is 277 cm³/mol. The fourth-order valence-corrected chi connectivity index (χ4v) is 9.61. The van der Waals surface area contributed by atoms with Crippen LogP contribution < -0.4 is 14.8 Å². The number of methoxy groups -OCH3 is 1. The molecule has 5 aromatic rings. The van der Waals surface area contributed by atoms with Crippen molar-refractivity contribution in [2.24, 2.45) is 18.9 Å². The third kappa shape index (κ3) is 15.0. The van der Waals surface area contributed by atoms with Gasteiger partial charge in [-0.15, -0.1) is 0 Å². The molecule has 392 valence electrons. The summed E-state index contributed by atoms with van der Waals surface area (Å²) >= 11 is 12.6. The summed E-state index contributed by atoms with van der Waals surface area (Å²) in [7, 11) is 9.04. The van der Waals surface area contributed by atoms with E-state index in [4.69, 9.17) is 37.4 Å². The normalized spacial score (nSPS) is 16.2. The van der Waals surface area contributed by atoms with Crippen LogP contribution >= 0.6 is 23.2 Å². The smallest absolute Gasteiger partial charge is 0.307 e. The van der Waals surface area contributed by atoms with Gasteiger partial charge in [-0.25, -0.2) is 9.37 Å². The van der Waals surface area contributed by atoms with Gasteiger partial charge in [0.25, 0.3) is 0 Å². The Bertz CT molecular complexity index is 2710. The van der Waals surface area contributed by atoms with Gasteiger partial charge < -0.3 is 38.8 Å². The summed E-state index contributed by atoms with van der Waals surface area (Å²) in [6, 6.07) is 21.4. The maximum atomic E-state index is 15.7. The maximum Gasteiger partial charge on any atom is 0.307 e. The van der Waals surface area contributed by atoms with E-state index in [1.807, 2.05) is 61.1 Å². The Labute approximate surface area is 438 Å². The largest absolute Gasteiger partial charge is 0.460 e. The van der Waals surface area contributed by atoms with E-state index < -0.39 is 52.6 Å². The Kier molecular flexibility index (Phi) is 19.1. The van der Waals surface area contributed by atoms with E-state index in [0.717, 1.165) is 27.4 Å². The quantitative estimate of drug-likeness (QED) is 0.0416. The number of hydrogen-bond acceptors (Lipinski definition) is 10. The molecule has 0 saturated carbocycles. The molecule has 3 amide bonds. The molecular formula is C55H69Cl2FN7O8+. The number of nitrogens with zero attached hydrogens (tertiary/aromatic N) is 6. The van der Waals surface area contributed by atoms with Gasteiger partial charge in [-0.2, -0.15) is 0 Å². The maximum absolute atomic E-state index is 15.7. The van der Waals surface area contributed by atoms with Crippen LogP contribution in [0.25, 0.3) is 11.3 Å². The van der Waals surface area contributed by atoms with Crippen molar-refractivity contribution in [3.63, 3.8) is 0 Å². The number of ether oxygens (including phenoxy) is 3. The minimum absolute atomic E-state index is 0.0452. The van der Waals surface area contributed by atoms with Gasteiger partial charge in [-0.1, -0.05) is 42.3 Å². The third-order valence-corrected chi connectivity index (χ3v) is 13.6. The zero-order valence-electron chi connectivity index (χ0n) is 43.3. The fraction of sp³-hybridized carbons (Fsp3) is 0.455. The molecule has 0 spiro atoms. The van der Waals surface area contributed by atoms with Gasteiger partial charge in [0.2, 0.25) is 29.6 Å². The molecule has 1 fully saturated rings. The van der Waals surface area contributed by atoms with Crippen molar-refractivity contribution in [3.05, 3.63) is 130 Å². The molecule has 0 bridgehead atoms. The lowest BCUT2D eigenvalue weighted by Crippen LogP contribution is -2.65. The molecule has 2 N–H and O–H groups in total. The number of rotatable bonds is 21. The number of carbonyl (C=O) groups excluding carboxylic acids is 4. The Hall–Kier alpha value is -6.07. The van der Waals surface area contributed by atoms with E-state index in [0.29, 0.717) is 48.8 Å². The van der Waals surface area contributed by atoms with Crippen LogP contribution in [0.4, 0.5) is 4.39 Å². The van der Waals surface area contributed by atoms with Crippen LogP contribution in [-0.2, 0) is 61.5 Å². The minimum atomic E-state index is -1.13. The van der Waals surface area contributed by atoms with Crippen molar-refractivity contribution >= 4 is 46.9 Å². The first-order valence-corrected chi connectivity index (χ1v) is 25.2. The van der Waals surface area contributed by atoms with Gasteiger partial charge in [0.05, 0.1) is 42.9 Å². The number of halogens is 3. The number of benzene rings is 3. The Morgan fingerprint density at radius 1 is 1.00 bits per heavy atom. The van der Waals surface area contributed by atoms with Crippen molar-refractivity contribution in [3.8, 4) is 22.8 Å². The second kappa shape index (κ2) is 24.8. The van der Waals surface area contributed by atoms with Crippen molar-refractivity contribution in [1.29, 1.82) is 0 Å². The van der Waals surface area contributed by atoms with Gasteiger partial charge in [-0.3, -0.25) is 24.4 Å². The van der Waals surface area contributed by atoms with Crippen LogP contribution in [0.2, 0.25) is 10.0 Å². The van der Waals surface area contributed by atoms with Gasteiger partial charge >= 0.3 is 5.97 Å². The number of pyridine rings is 1. The zero-order chi connectivity index (χ0) is 53.2. The molecule has 0 aliphatic carbocycles. The fourth-order valence-electron chi connectivity index (χ4n) is 9.29. The summed E-state index contributed by atoms with van der Waals surface area (Å²) in [6.07, 6.45) is 4.74. The number of aromatic nitrogens is 3. The number of carbonyl (C=O) groups is 4. The van der Waals surface area contributed by atoms with Crippen LogP contribution in [0.15, 0.2) is 91.3 Å². The average molecular weight is 1050 g/mol. The second-order valence-electron chi connectivity index (χ2n) is 20.3. The van der Waals surface area contributed by atoms with Crippen molar-refractivity contribution in [2.45, 2.75) is 96.4 Å². The number of imidazole rings is 1. The highest BCUT2D eigenvalue weighted by Gasteiger charge is 2.46. The molecule has 6 rings (SSSR count). The number of esters is 1. The molecule has 1 saturated heterocycles. The molecule has 2 aromatic heterocycles. The number of hydrogen-bond donors (Lipinski definition) is 2. The van der Waals surface area contributed by atoms with E-state index >= 15 is 4.39 Å². The average Bonchev–Trinajstić information content (AvgIpc) is 3.69. The van der Waals surface area contributed by atoms with Gasteiger partial charge in [-0.05, 0) is 127 Å². The van der Waals surface area contributed by atoms with Gasteiger partial charge in [0.1, 0.15) is 34.8 Å². The first-order chi connectivity index (χ1) is 34.6. The lowest BCUT2D eigenvalue weighted by Gasteiger charge is -2.49. The van der Waals surface area contributed by atoms with Gasteiger partial charge in [0.15, 0.2) is 0 Å². The number of amides is 3. The summed E-state index contributed by atoms with van der Waals surface area (Å²) < 4.78 is 36.1. The van der Waals surface area contributed by atoms with Crippen LogP contribution in [0, 0.1) is 17.7 Å². The molecule has 0 radical (unpaired) electrons. The molecular weight excluding hydrogens is 977 g/mol. The summed E-state index contributed by atoms with van der Waals surface area (Å²) in [5, 5.41) is 14.2. The zero-order valence-corrected chi connectivity index (χ0v) is 44.8. The summed E-state index contributed by atoms with van der Waals surface area (Å²) in [5.74, 6) is -2.35. The SMILES string of the molecule is COC[C@H](NC(=O)[C@H](C)CCc1c(F)cc(Cl)cc1Oc1ccc(-c2cnc(CN(C)C)n2C)cc1)C(=O)N(C)[C@@]1(Cc2ccc(Cl)cc2)CCCN(C(=O)[C@@H](CC(=O)OC(C)(C)C)Cc2cccc[n+]2O)C1. The molecule has 73 heavy (non-hydrogen) atoms. The number of nitrogens with one attached hydrogen (secondary N) is 1. The highest BCUT2D eigenvalue weighted by molar-refractivity contribution is 6.31. The Balaban J connectivity index is 1.18. The second-order valence-corrected chi connectivity index (χ2v) is 21.2. The topological polar surface area (TPSA) is 160 Å². The molecule has 0 unspecified atom stereocenters. The molecule has 4 atom stereocenters. The minimum Gasteiger partial charge on any atom is -0.460 e. The predicted octanol–water partition coefficient (Wildman–Crippen LogP) is 8.26. The Morgan fingerprint density at radius 2 is 1.71 bits per heavy atom. The van der Waals surface area contributed by atoms with E-state index in [1.165, 1.54) is 19.4 Å². The first-order valence-electron chi connectivity index (χ1n) is 24.5. The van der Waals surface area contributed by atoms with Crippen molar-refractivity contribution in [2.75, 3.05) is 47.9 Å². The van der Waals surface area contributed by atoms with E-state index in [-0.39, 0.29) is 61.1 Å². The lowest BCUT2D eigenvalue weighted by molar-refractivity contribution is -0.909. The third-order valence-electron chi connectivity index (χ3n) is 13.2. The van der Waals surface area contributed by atoms with Crippen LogP contribution in [0.3, 0.4) is 0 Å². The summed E-state index contributed by atoms with van der Waals surface area (Å²) in [5.41, 5.74) is 1.61. The molecule has 15 nitrogen and oxygen atoms in total. The standard InChI is InChI=1S/C55H68Cl2FN7O8/c1-36(14-23-44-45(58)29-41(57)30-48(44)72-43-21-17-38(18-22-43)47-32-59-49(62(47)7)33-61(5)6)51(67)60-46(34-71-9)53(69)63(8)55(31-37-15-19-40(56)20-16-37)24-12-25-64(35-55)52(68)39(28-50(66)73-54(2,3)4)27-42-13-10-11-26-65(42)70/h10-11,13,15-22,26,29-30,32,36,39,46H,12,14,23-25,27-28,31,33-35H2,1-9H3,(H-,60,67,70)/p+1/t36-,39-,46+,55-/m1/s1. The van der Waals surface area contributed by atoms with E-state index in [9.17, 15) is 24.4 Å². The molecule has 1 aliphatic rings. The lowest BCUT2D eigenvalue weighted by atomic mass is 9.80. The first kappa shape index (κ1) is 56.2. The van der Waals surface area contributed by atoms with Crippen LogP contribution in [0.1, 0.15) is 76.0 Å². The summed E-state index contributed by atoms with van der Waals surface area (Å²) in [6.45, 7) is 7.96. The van der Waals surface area contributed by atoms with Crippen LogP contribution in [-0.4, -0.2) is 118 Å². The number of likely N-dealkylation sites (N-methyl/N-ethyl adjacent to an activating group) is 1. The highest BCUT2D eigenvalue weighted by Crippen LogP contribution is 2.36. The molecule has 18 heteroatoms. The van der Waals surface area contributed by atoms with Crippen molar-refractivity contribution < 1.29 is 47.7 Å². The Morgan fingerprint density at radius 3 is 2.37 bits per heavy atom. The molecule has 1 aliphatic heterocycles. The molecule has 3 heterocycles. The highest BCUT2D eigenvalue weighted by atomic mass is 35.5. The van der Waals surface area contributed by atoms with Gasteiger partial charge in [0, 0.05) is 84.7 Å². The number of likely N-dealkylation sites (tertiary alicyclic amines) is 1.